The summed E-state index contributed by atoms with van der Waals surface area (Å²) in [6, 6.07) is 0. The fourth-order valence-corrected chi connectivity index (χ4v) is 0.681. The highest BCUT2D eigenvalue weighted by Gasteiger charge is 2.01. The molecule has 0 fully saturated rings. The van der Waals surface area contributed by atoms with Crippen molar-refractivity contribution in [3.05, 3.63) is 10.6 Å². The minimum Gasteiger partial charge on any atom is -0.466 e. The summed E-state index contributed by atoms with van der Waals surface area (Å²) in [6.45, 7) is 4.10. The molecule has 0 atom stereocenters. The van der Waals surface area contributed by atoms with Crippen LogP contribution in [0, 0.1) is 0 Å². The maximum absolute atomic E-state index is 10.7. The molecule has 0 unspecified atom stereocenters. The largest absolute Gasteiger partial charge is 0.466 e. The number of ether oxygens (including phenoxy) is 1. The molecule has 0 aliphatic heterocycles. The third-order valence-corrected chi connectivity index (χ3v) is 1.67. The Morgan fingerprint density at radius 1 is 1.70 bits per heavy atom. The topological polar surface area (TPSA) is 26.3 Å². The van der Waals surface area contributed by atoms with Crippen LogP contribution in [-0.2, 0) is 9.53 Å². The maximum Gasteiger partial charge on any atom is 0.310 e. The first-order valence-electron chi connectivity index (χ1n) is 3.17. The molecule has 3 heteroatoms. The Kier molecular flexibility index (Phi) is 5.30. The molecule has 0 amide bonds. The second-order valence-electron chi connectivity index (χ2n) is 1.72. The van der Waals surface area contributed by atoms with E-state index >= 15 is 0 Å². The van der Waals surface area contributed by atoms with E-state index < -0.39 is 0 Å². The van der Waals surface area contributed by atoms with Gasteiger partial charge in [-0.25, -0.2) is 0 Å². The number of hydrogen-bond acceptors (Lipinski definition) is 2. The van der Waals surface area contributed by atoms with E-state index in [2.05, 4.69) is 15.9 Å². The van der Waals surface area contributed by atoms with E-state index in [0.717, 1.165) is 4.48 Å². The van der Waals surface area contributed by atoms with Gasteiger partial charge in [-0.2, -0.15) is 0 Å². The van der Waals surface area contributed by atoms with Crippen LogP contribution in [0.2, 0.25) is 0 Å². The number of esters is 1. The highest BCUT2D eigenvalue weighted by atomic mass is 79.9. The van der Waals surface area contributed by atoms with E-state index in [0.29, 0.717) is 13.0 Å². The second-order valence-corrected chi connectivity index (χ2v) is 2.74. The predicted molar refractivity (Wildman–Crippen MR) is 43.9 cm³/mol. The van der Waals surface area contributed by atoms with Crippen molar-refractivity contribution in [2.75, 3.05) is 6.61 Å². The molecule has 0 heterocycles. The minimum atomic E-state index is -0.188. The lowest BCUT2D eigenvalue weighted by Gasteiger charge is -1.98. The van der Waals surface area contributed by atoms with Gasteiger partial charge in [0.05, 0.1) is 13.0 Å². The highest BCUT2D eigenvalue weighted by molar-refractivity contribution is 9.11. The average Bonchev–Trinajstić information content (AvgIpc) is 1.88. The molecule has 0 N–H and O–H groups in total. The summed E-state index contributed by atoms with van der Waals surface area (Å²) in [6.07, 6.45) is 2.17. The van der Waals surface area contributed by atoms with Crippen molar-refractivity contribution in [1.82, 2.24) is 0 Å². The molecule has 0 bridgehead atoms. The lowest BCUT2D eigenvalue weighted by atomic mass is 10.4. The molecule has 0 aliphatic rings. The number of carbonyl (C=O) groups is 1. The van der Waals surface area contributed by atoms with Gasteiger partial charge in [0.25, 0.3) is 0 Å². The monoisotopic (exact) mass is 206 g/mol. The van der Waals surface area contributed by atoms with Crippen LogP contribution in [-0.4, -0.2) is 12.6 Å². The van der Waals surface area contributed by atoms with Crippen molar-refractivity contribution in [1.29, 1.82) is 0 Å². The molecule has 0 saturated carbocycles. The van der Waals surface area contributed by atoms with Crippen LogP contribution in [0.3, 0.4) is 0 Å². The lowest BCUT2D eigenvalue weighted by Crippen LogP contribution is -2.02. The SMILES string of the molecule is C/C=C(\Br)CC(=O)OCC. The van der Waals surface area contributed by atoms with E-state index in [9.17, 15) is 4.79 Å². The Balaban J connectivity index is 3.58. The standard InChI is InChI=1S/C7H11BrO2/c1-3-6(8)5-7(9)10-4-2/h3H,4-5H2,1-2H3/b6-3-. The third-order valence-electron chi connectivity index (χ3n) is 0.932. The lowest BCUT2D eigenvalue weighted by molar-refractivity contribution is -0.142. The zero-order valence-electron chi connectivity index (χ0n) is 6.19. The summed E-state index contributed by atoms with van der Waals surface area (Å²) in [5.74, 6) is -0.188. The Morgan fingerprint density at radius 2 is 2.30 bits per heavy atom. The summed E-state index contributed by atoms with van der Waals surface area (Å²) < 4.78 is 5.57. The Morgan fingerprint density at radius 3 is 2.70 bits per heavy atom. The normalized spacial score (nSPS) is 11.3. The van der Waals surface area contributed by atoms with E-state index in [1.54, 1.807) is 6.92 Å². The van der Waals surface area contributed by atoms with Crippen LogP contribution in [0.1, 0.15) is 20.3 Å². The molecule has 0 spiro atoms. The fraction of sp³-hybridized carbons (Fsp3) is 0.571. The number of hydrogen-bond donors (Lipinski definition) is 0. The van der Waals surface area contributed by atoms with Crippen LogP contribution in [0.25, 0.3) is 0 Å². The van der Waals surface area contributed by atoms with Gasteiger partial charge < -0.3 is 4.74 Å². The van der Waals surface area contributed by atoms with Crippen molar-refractivity contribution < 1.29 is 9.53 Å². The molecular weight excluding hydrogens is 196 g/mol. The Hall–Kier alpha value is -0.310. The zero-order chi connectivity index (χ0) is 7.98. The van der Waals surface area contributed by atoms with Gasteiger partial charge in [-0.05, 0) is 13.8 Å². The smallest absolute Gasteiger partial charge is 0.310 e. The van der Waals surface area contributed by atoms with Crippen molar-refractivity contribution in [2.45, 2.75) is 20.3 Å². The number of halogens is 1. The molecule has 0 radical (unpaired) electrons. The molecule has 0 aromatic carbocycles. The fourth-order valence-electron chi connectivity index (χ4n) is 0.452. The molecule has 0 saturated heterocycles. The van der Waals surface area contributed by atoms with E-state index in [1.807, 2.05) is 13.0 Å². The molecule has 0 rings (SSSR count). The van der Waals surface area contributed by atoms with Crippen LogP contribution in [0.15, 0.2) is 10.6 Å². The maximum atomic E-state index is 10.7. The van der Waals surface area contributed by atoms with Crippen molar-refractivity contribution in [2.24, 2.45) is 0 Å². The van der Waals surface area contributed by atoms with Crippen LogP contribution < -0.4 is 0 Å². The molecule has 58 valence electrons. The van der Waals surface area contributed by atoms with Gasteiger partial charge in [0, 0.05) is 4.48 Å². The van der Waals surface area contributed by atoms with Gasteiger partial charge >= 0.3 is 5.97 Å². The van der Waals surface area contributed by atoms with E-state index in [-0.39, 0.29) is 5.97 Å². The third kappa shape index (κ3) is 4.56. The van der Waals surface area contributed by atoms with Crippen LogP contribution in [0.5, 0.6) is 0 Å². The number of rotatable bonds is 3. The first kappa shape index (κ1) is 9.69. The molecule has 2 nitrogen and oxygen atoms in total. The Bertz CT molecular complexity index is 141. The second kappa shape index (κ2) is 5.47. The van der Waals surface area contributed by atoms with Gasteiger partial charge in [0.2, 0.25) is 0 Å². The first-order valence-corrected chi connectivity index (χ1v) is 3.96. The van der Waals surface area contributed by atoms with E-state index in [4.69, 9.17) is 4.74 Å². The molecule has 0 aromatic heterocycles. The number of carbonyl (C=O) groups excluding carboxylic acids is 1. The molecular formula is C7H11BrO2. The van der Waals surface area contributed by atoms with Crippen molar-refractivity contribution >= 4 is 21.9 Å². The highest BCUT2D eigenvalue weighted by Crippen LogP contribution is 2.09. The van der Waals surface area contributed by atoms with Gasteiger partial charge in [-0.3, -0.25) is 4.79 Å². The number of allylic oxidation sites excluding steroid dienone is 1. The average molecular weight is 207 g/mol. The minimum absolute atomic E-state index is 0.188. The summed E-state index contributed by atoms with van der Waals surface area (Å²) >= 11 is 3.21. The summed E-state index contributed by atoms with van der Waals surface area (Å²) in [7, 11) is 0. The summed E-state index contributed by atoms with van der Waals surface area (Å²) in [5.41, 5.74) is 0. The van der Waals surface area contributed by atoms with Gasteiger partial charge in [0.1, 0.15) is 0 Å². The van der Waals surface area contributed by atoms with Crippen molar-refractivity contribution in [3.8, 4) is 0 Å². The summed E-state index contributed by atoms with van der Waals surface area (Å²) in [4.78, 5) is 10.7. The molecule has 0 aromatic rings. The molecule has 10 heavy (non-hydrogen) atoms. The first-order chi connectivity index (χ1) is 4.70. The van der Waals surface area contributed by atoms with Gasteiger partial charge in [-0.15, -0.1) is 0 Å². The molecule has 0 aliphatic carbocycles. The predicted octanol–water partition coefficient (Wildman–Crippen LogP) is 2.24. The van der Waals surface area contributed by atoms with Gasteiger partial charge in [-0.1, -0.05) is 22.0 Å². The zero-order valence-corrected chi connectivity index (χ0v) is 7.77. The van der Waals surface area contributed by atoms with E-state index in [1.165, 1.54) is 0 Å². The van der Waals surface area contributed by atoms with Crippen LogP contribution in [0.4, 0.5) is 0 Å². The quantitative estimate of drug-likeness (QED) is 0.663. The van der Waals surface area contributed by atoms with Crippen LogP contribution >= 0.6 is 15.9 Å². The Labute approximate surface area is 69.4 Å². The van der Waals surface area contributed by atoms with Gasteiger partial charge in [0.15, 0.2) is 0 Å². The summed E-state index contributed by atoms with van der Waals surface area (Å²) in [5, 5.41) is 0. The van der Waals surface area contributed by atoms with Crippen molar-refractivity contribution in [3.63, 3.8) is 0 Å².